The van der Waals surface area contributed by atoms with Crippen molar-refractivity contribution in [2.45, 2.75) is 13.3 Å². The monoisotopic (exact) mass is 325 g/mol. The van der Waals surface area contributed by atoms with Crippen LogP contribution in [0.4, 0.5) is 0 Å². The molecule has 0 aliphatic heterocycles. The topological polar surface area (TPSA) is 30.7 Å². The summed E-state index contributed by atoms with van der Waals surface area (Å²) in [6.07, 6.45) is 0.949. The number of aryl methyl sites for hydroxylation is 1. The Morgan fingerprint density at radius 1 is 0.720 bits per heavy atom. The molecule has 4 rings (SSSR count). The number of para-hydroxylation sites is 1. The minimum Gasteiger partial charge on any atom is -0.212 e. The fourth-order valence-corrected chi connectivity index (χ4v) is 2.98. The zero-order valence-electron chi connectivity index (χ0n) is 14.1. The molecule has 0 saturated carbocycles. The predicted molar refractivity (Wildman–Crippen MR) is 102 cm³/mol. The molecule has 3 nitrogen and oxygen atoms in total. The number of nitrogens with zero attached hydrogens (tertiary/aromatic N) is 3. The van der Waals surface area contributed by atoms with Crippen LogP contribution in [0, 0.1) is 0 Å². The van der Waals surface area contributed by atoms with Crippen LogP contribution < -0.4 is 0 Å². The van der Waals surface area contributed by atoms with Gasteiger partial charge in [-0.1, -0.05) is 85.8 Å². The van der Waals surface area contributed by atoms with Crippen LogP contribution in [0.3, 0.4) is 0 Å². The highest BCUT2D eigenvalue weighted by molar-refractivity contribution is 5.64. The summed E-state index contributed by atoms with van der Waals surface area (Å²) in [5.74, 6) is 1.60. The first-order valence-corrected chi connectivity index (χ1v) is 8.53. The summed E-state index contributed by atoms with van der Waals surface area (Å²) in [6.45, 7) is 2.16. The minimum atomic E-state index is 0.741. The smallest absolute Gasteiger partial charge is 0.182 e. The second-order valence-corrected chi connectivity index (χ2v) is 5.89. The molecule has 0 aliphatic carbocycles. The molecule has 0 atom stereocenters. The molecule has 0 unspecified atom stereocenters. The molecule has 1 heterocycles. The first-order chi connectivity index (χ1) is 12.4. The molecule has 0 spiro atoms. The lowest BCUT2D eigenvalue weighted by molar-refractivity contribution is 0.872. The zero-order chi connectivity index (χ0) is 17.1. The Bertz CT molecular complexity index is 973. The maximum absolute atomic E-state index is 4.85. The third-order valence-corrected chi connectivity index (χ3v) is 4.27. The van der Waals surface area contributed by atoms with Crippen molar-refractivity contribution in [2.75, 3.05) is 0 Å². The standard InChI is InChI=1S/C22H19N3/c1-2-17-11-9-10-16-20(17)25-22(19-14-7-4-8-15-19)23-21(24-25)18-12-5-3-6-13-18/h3-16H,2H2,1H3. The highest BCUT2D eigenvalue weighted by Crippen LogP contribution is 2.26. The van der Waals surface area contributed by atoms with Gasteiger partial charge in [0.15, 0.2) is 11.6 Å². The van der Waals surface area contributed by atoms with Gasteiger partial charge in [-0.2, -0.15) is 0 Å². The van der Waals surface area contributed by atoms with Crippen LogP contribution in [-0.2, 0) is 6.42 Å². The molecule has 0 aliphatic rings. The van der Waals surface area contributed by atoms with E-state index in [1.807, 2.05) is 59.3 Å². The van der Waals surface area contributed by atoms with E-state index in [0.717, 1.165) is 34.9 Å². The van der Waals surface area contributed by atoms with Gasteiger partial charge in [-0.25, -0.2) is 9.67 Å². The Morgan fingerprint density at radius 3 is 2.00 bits per heavy atom. The van der Waals surface area contributed by atoms with Crippen molar-refractivity contribution in [1.82, 2.24) is 14.8 Å². The first kappa shape index (κ1) is 15.3. The van der Waals surface area contributed by atoms with E-state index in [1.165, 1.54) is 5.56 Å². The van der Waals surface area contributed by atoms with Crippen molar-refractivity contribution in [3.05, 3.63) is 90.5 Å². The van der Waals surface area contributed by atoms with Crippen molar-refractivity contribution in [1.29, 1.82) is 0 Å². The van der Waals surface area contributed by atoms with Gasteiger partial charge in [-0.05, 0) is 18.1 Å². The van der Waals surface area contributed by atoms with Crippen LogP contribution in [0.25, 0.3) is 28.5 Å². The van der Waals surface area contributed by atoms with Crippen LogP contribution in [0.2, 0.25) is 0 Å². The SMILES string of the molecule is CCc1ccccc1-n1nc(-c2ccccc2)nc1-c1ccccc1. The van der Waals surface area contributed by atoms with Gasteiger partial charge in [0.1, 0.15) is 0 Å². The average Bonchev–Trinajstić information content (AvgIpc) is 3.14. The second-order valence-electron chi connectivity index (χ2n) is 5.89. The highest BCUT2D eigenvalue weighted by atomic mass is 15.4. The molecule has 0 amide bonds. The van der Waals surface area contributed by atoms with Crippen molar-refractivity contribution in [3.63, 3.8) is 0 Å². The fourth-order valence-electron chi connectivity index (χ4n) is 2.98. The zero-order valence-corrected chi connectivity index (χ0v) is 14.1. The highest BCUT2D eigenvalue weighted by Gasteiger charge is 2.16. The molecule has 1 aromatic heterocycles. The molecule has 3 aromatic carbocycles. The molecule has 0 bridgehead atoms. The lowest BCUT2D eigenvalue weighted by Gasteiger charge is -2.10. The van der Waals surface area contributed by atoms with Gasteiger partial charge in [0, 0.05) is 11.1 Å². The van der Waals surface area contributed by atoms with Gasteiger partial charge in [0.2, 0.25) is 0 Å². The van der Waals surface area contributed by atoms with Gasteiger partial charge in [0.25, 0.3) is 0 Å². The van der Waals surface area contributed by atoms with Gasteiger partial charge in [0.05, 0.1) is 5.69 Å². The number of rotatable bonds is 4. The van der Waals surface area contributed by atoms with Crippen LogP contribution >= 0.6 is 0 Å². The Morgan fingerprint density at radius 2 is 1.32 bits per heavy atom. The van der Waals surface area contributed by atoms with E-state index >= 15 is 0 Å². The Balaban J connectivity index is 1.94. The van der Waals surface area contributed by atoms with Crippen molar-refractivity contribution in [2.24, 2.45) is 0 Å². The molecule has 3 heteroatoms. The number of aromatic nitrogens is 3. The predicted octanol–water partition coefficient (Wildman–Crippen LogP) is 5.16. The Hall–Kier alpha value is -3.20. The summed E-state index contributed by atoms with van der Waals surface area (Å²) >= 11 is 0. The maximum Gasteiger partial charge on any atom is 0.182 e. The van der Waals surface area contributed by atoms with Gasteiger partial charge in [-0.3, -0.25) is 0 Å². The molecular weight excluding hydrogens is 306 g/mol. The maximum atomic E-state index is 4.85. The van der Waals surface area contributed by atoms with Crippen molar-refractivity contribution >= 4 is 0 Å². The average molecular weight is 325 g/mol. The molecule has 0 fully saturated rings. The van der Waals surface area contributed by atoms with Crippen LogP contribution in [0.5, 0.6) is 0 Å². The normalized spacial score (nSPS) is 10.8. The molecule has 4 aromatic rings. The summed E-state index contributed by atoms with van der Waals surface area (Å²) in [5, 5.41) is 4.84. The summed E-state index contributed by atoms with van der Waals surface area (Å²) in [6, 6.07) is 28.7. The first-order valence-electron chi connectivity index (χ1n) is 8.53. The largest absolute Gasteiger partial charge is 0.212 e. The Labute approximate surface area is 147 Å². The van der Waals surface area contributed by atoms with E-state index in [4.69, 9.17) is 10.1 Å². The third-order valence-electron chi connectivity index (χ3n) is 4.27. The van der Waals surface area contributed by atoms with Crippen LogP contribution in [-0.4, -0.2) is 14.8 Å². The fraction of sp³-hybridized carbons (Fsp3) is 0.0909. The van der Waals surface area contributed by atoms with E-state index in [2.05, 4.69) is 37.3 Å². The quantitative estimate of drug-likeness (QED) is 0.518. The molecule has 122 valence electrons. The van der Waals surface area contributed by atoms with E-state index in [-0.39, 0.29) is 0 Å². The third kappa shape index (κ3) is 2.96. The van der Waals surface area contributed by atoms with Gasteiger partial charge in [-0.15, -0.1) is 5.10 Å². The van der Waals surface area contributed by atoms with Crippen molar-refractivity contribution in [3.8, 4) is 28.5 Å². The van der Waals surface area contributed by atoms with E-state index in [1.54, 1.807) is 0 Å². The summed E-state index contributed by atoms with van der Waals surface area (Å²) < 4.78 is 1.97. The summed E-state index contributed by atoms with van der Waals surface area (Å²) in [5.41, 5.74) is 4.42. The molecule has 0 saturated heterocycles. The second kappa shape index (κ2) is 6.73. The molecule has 0 radical (unpaired) electrons. The Kier molecular flexibility index (Phi) is 4.13. The lowest BCUT2D eigenvalue weighted by atomic mass is 10.1. The number of hydrogen-bond donors (Lipinski definition) is 0. The van der Waals surface area contributed by atoms with E-state index in [9.17, 15) is 0 Å². The summed E-state index contributed by atoms with van der Waals surface area (Å²) in [4.78, 5) is 4.85. The number of hydrogen-bond acceptors (Lipinski definition) is 2. The van der Waals surface area contributed by atoms with Crippen LogP contribution in [0.15, 0.2) is 84.9 Å². The van der Waals surface area contributed by atoms with Gasteiger partial charge >= 0.3 is 0 Å². The summed E-state index contributed by atoms with van der Waals surface area (Å²) in [7, 11) is 0. The van der Waals surface area contributed by atoms with Crippen LogP contribution in [0.1, 0.15) is 12.5 Å². The lowest BCUT2D eigenvalue weighted by Crippen LogP contribution is -2.03. The number of benzene rings is 3. The minimum absolute atomic E-state index is 0.741. The molecule has 0 N–H and O–H groups in total. The van der Waals surface area contributed by atoms with E-state index < -0.39 is 0 Å². The van der Waals surface area contributed by atoms with Gasteiger partial charge < -0.3 is 0 Å². The molecular formula is C22H19N3. The van der Waals surface area contributed by atoms with E-state index in [0.29, 0.717) is 0 Å². The molecule has 25 heavy (non-hydrogen) atoms. The van der Waals surface area contributed by atoms with Crippen molar-refractivity contribution < 1.29 is 0 Å².